The van der Waals surface area contributed by atoms with Gasteiger partial charge in [-0.05, 0) is 58.2 Å². The first-order valence-corrected chi connectivity index (χ1v) is 7.72. The van der Waals surface area contributed by atoms with Crippen molar-refractivity contribution in [3.63, 3.8) is 0 Å². The number of nitrogens with zero attached hydrogens (tertiary/aromatic N) is 1. The van der Waals surface area contributed by atoms with Crippen molar-refractivity contribution >= 4 is 15.9 Å². The zero-order valence-corrected chi connectivity index (χ0v) is 13.4. The van der Waals surface area contributed by atoms with E-state index in [4.69, 9.17) is 4.74 Å². The molecule has 1 fully saturated rings. The van der Waals surface area contributed by atoms with Crippen molar-refractivity contribution in [1.82, 2.24) is 10.3 Å². The Morgan fingerprint density at radius 3 is 2.89 bits per heavy atom. The molecule has 1 aliphatic carbocycles. The van der Waals surface area contributed by atoms with E-state index in [-0.39, 0.29) is 0 Å². The van der Waals surface area contributed by atoms with Gasteiger partial charge in [-0.1, -0.05) is 6.92 Å². The van der Waals surface area contributed by atoms with Gasteiger partial charge < -0.3 is 10.1 Å². The monoisotopic (exact) mass is 326 g/mol. The Morgan fingerprint density at radius 2 is 2.26 bits per heavy atom. The third-order valence-electron chi connectivity index (χ3n) is 3.94. The molecule has 0 aromatic carbocycles. The Labute approximate surface area is 124 Å². The van der Waals surface area contributed by atoms with Gasteiger partial charge in [-0.25, -0.2) is 0 Å². The van der Waals surface area contributed by atoms with Gasteiger partial charge in [0.15, 0.2) is 0 Å². The van der Waals surface area contributed by atoms with Crippen molar-refractivity contribution in [1.29, 1.82) is 0 Å². The maximum Gasteiger partial charge on any atom is 0.0587 e. The van der Waals surface area contributed by atoms with E-state index in [9.17, 15) is 0 Å². The standard InChI is InChI=1S/C15H23BrN2O/c1-15(13-3-4-13,11-17-5-6-19-2)8-12-7-14(16)10-18-9-12/h7,9-10,13,17H,3-6,8,11H2,1-2H3. The molecular formula is C15H23BrN2O. The molecule has 1 unspecified atom stereocenters. The van der Waals surface area contributed by atoms with Crippen LogP contribution in [0, 0.1) is 11.3 Å². The SMILES string of the molecule is COCCNCC(C)(Cc1cncc(Br)c1)C1CC1. The second-order valence-electron chi connectivity index (χ2n) is 5.79. The number of pyridine rings is 1. The second kappa shape index (κ2) is 6.82. The van der Waals surface area contributed by atoms with Crippen LogP contribution in [-0.4, -0.2) is 31.8 Å². The molecule has 2 rings (SSSR count). The zero-order chi connectivity index (χ0) is 13.7. The quantitative estimate of drug-likeness (QED) is 0.745. The first-order valence-electron chi connectivity index (χ1n) is 6.93. The third kappa shape index (κ3) is 4.55. The maximum absolute atomic E-state index is 5.09. The topological polar surface area (TPSA) is 34.1 Å². The summed E-state index contributed by atoms with van der Waals surface area (Å²) < 4.78 is 6.15. The molecule has 0 radical (unpaired) electrons. The average molecular weight is 327 g/mol. The van der Waals surface area contributed by atoms with Gasteiger partial charge in [-0.3, -0.25) is 4.98 Å². The van der Waals surface area contributed by atoms with E-state index in [2.05, 4.69) is 39.2 Å². The van der Waals surface area contributed by atoms with Crippen molar-refractivity contribution in [2.45, 2.75) is 26.2 Å². The number of rotatable bonds is 8. The molecule has 0 spiro atoms. The Hall–Kier alpha value is -0.450. The van der Waals surface area contributed by atoms with Gasteiger partial charge in [0.25, 0.3) is 0 Å². The number of hydrogen-bond acceptors (Lipinski definition) is 3. The molecule has 0 saturated heterocycles. The highest BCUT2D eigenvalue weighted by atomic mass is 79.9. The van der Waals surface area contributed by atoms with Crippen molar-refractivity contribution < 1.29 is 4.74 Å². The summed E-state index contributed by atoms with van der Waals surface area (Å²) in [6.45, 7) is 5.15. The number of nitrogens with one attached hydrogen (secondary N) is 1. The average Bonchev–Trinajstić information content (AvgIpc) is 3.19. The molecule has 0 aliphatic heterocycles. The number of ether oxygens (including phenoxy) is 1. The van der Waals surface area contributed by atoms with Gasteiger partial charge in [-0.15, -0.1) is 0 Å². The molecule has 1 aliphatic rings. The Balaban J connectivity index is 1.94. The molecule has 19 heavy (non-hydrogen) atoms. The van der Waals surface area contributed by atoms with Crippen LogP contribution in [0.25, 0.3) is 0 Å². The minimum atomic E-state index is 0.330. The largest absolute Gasteiger partial charge is 0.383 e. The normalized spacial score (nSPS) is 18.3. The molecule has 1 saturated carbocycles. The lowest BCUT2D eigenvalue weighted by molar-refractivity contribution is 0.187. The van der Waals surface area contributed by atoms with E-state index >= 15 is 0 Å². The fourth-order valence-electron chi connectivity index (χ4n) is 2.70. The molecule has 4 heteroatoms. The lowest BCUT2D eigenvalue weighted by Gasteiger charge is -2.30. The van der Waals surface area contributed by atoms with Gasteiger partial charge >= 0.3 is 0 Å². The van der Waals surface area contributed by atoms with Crippen LogP contribution in [-0.2, 0) is 11.2 Å². The minimum absolute atomic E-state index is 0.330. The highest BCUT2D eigenvalue weighted by molar-refractivity contribution is 9.10. The number of methoxy groups -OCH3 is 1. The molecule has 0 amide bonds. The van der Waals surface area contributed by atoms with Crippen LogP contribution >= 0.6 is 15.9 Å². The van der Waals surface area contributed by atoms with Crippen molar-refractivity contribution in [3.8, 4) is 0 Å². The van der Waals surface area contributed by atoms with E-state index in [1.54, 1.807) is 7.11 Å². The summed E-state index contributed by atoms with van der Waals surface area (Å²) in [5.41, 5.74) is 1.65. The van der Waals surface area contributed by atoms with Crippen LogP contribution in [0.2, 0.25) is 0 Å². The van der Waals surface area contributed by atoms with Crippen molar-refractivity contribution in [2.24, 2.45) is 11.3 Å². The highest BCUT2D eigenvalue weighted by Gasteiger charge is 2.41. The van der Waals surface area contributed by atoms with E-state index in [0.29, 0.717) is 5.41 Å². The molecule has 1 aromatic rings. The van der Waals surface area contributed by atoms with E-state index < -0.39 is 0 Å². The molecule has 1 aromatic heterocycles. The molecule has 1 heterocycles. The first kappa shape index (κ1) is 14.9. The summed E-state index contributed by atoms with van der Waals surface area (Å²) in [6, 6.07) is 2.18. The minimum Gasteiger partial charge on any atom is -0.383 e. The summed E-state index contributed by atoms with van der Waals surface area (Å²) >= 11 is 3.50. The summed E-state index contributed by atoms with van der Waals surface area (Å²) in [4.78, 5) is 4.27. The zero-order valence-electron chi connectivity index (χ0n) is 11.8. The Kier molecular flexibility index (Phi) is 5.37. The predicted molar refractivity (Wildman–Crippen MR) is 81.2 cm³/mol. The molecule has 1 N–H and O–H groups in total. The van der Waals surface area contributed by atoms with Gasteiger partial charge in [-0.2, -0.15) is 0 Å². The lowest BCUT2D eigenvalue weighted by atomic mass is 9.79. The van der Waals surface area contributed by atoms with E-state index in [0.717, 1.165) is 36.5 Å². The van der Waals surface area contributed by atoms with Gasteiger partial charge in [0, 0.05) is 37.1 Å². The summed E-state index contributed by atoms with van der Waals surface area (Å²) in [6.07, 6.45) is 7.65. The highest BCUT2D eigenvalue weighted by Crippen LogP contribution is 2.47. The van der Waals surface area contributed by atoms with Crippen LogP contribution in [0.4, 0.5) is 0 Å². The fourth-order valence-corrected chi connectivity index (χ4v) is 3.11. The number of aromatic nitrogens is 1. The van der Waals surface area contributed by atoms with Crippen molar-refractivity contribution in [3.05, 3.63) is 28.5 Å². The maximum atomic E-state index is 5.09. The third-order valence-corrected chi connectivity index (χ3v) is 4.38. The van der Waals surface area contributed by atoms with Crippen LogP contribution in [0.5, 0.6) is 0 Å². The molecule has 0 bridgehead atoms. The summed E-state index contributed by atoms with van der Waals surface area (Å²) in [7, 11) is 1.74. The van der Waals surface area contributed by atoms with E-state index in [1.807, 2.05) is 12.4 Å². The number of hydrogen-bond donors (Lipinski definition) is 1. The fraction of sp³-hybridized carbons (Fsp3) is 0.667. The smallest absolute Gasteiger partial charge is 0.0587 e. The number of halogens is 1. The van der Waals surface area contributed by atoms with Gasteiger partial charge in [0.2, 0.25) is 0 Å². The van der Waals surface area contributed by atoms with Gasteiger partial charge in [0.05, 0.1) is 6.61 Å². The predicted octanol–water partition coefficient (Wildman–Crippen LogP) is 3.04. The van der Waals surface area contributed by atoms with Gasteiger partial charge in [0.1, 0.15) is 0 Å². The molecule has 1 atom stereocenters. The molecule has 106 valence electrons. The summed E-state index contributed by atoms with van der Waals surface area (Å²) in [5.74, 6) is 0.849. The second-order valence-corrected chi connectivity index (χ2v) is 6.70. The van der Waals surface area contributed by atoms with Crippen LogP contribution in [0.3, 0.4) is 0 Å². The van der Waals surface area contributed by atoms with E-state index in [1.165, 1.54) is 18.4 Å². The first-order chi connectivity index (χ1) is 9.14. The van der Waals surface area contributed by atoms with Crippen LogP contribution in [0.15, 0.2) is 22.9 Å². The summed E-state index contributed by atoms with van der Waals surface area (Å²) in [5, 5.41) is 3.53. The van der Waals surface area contributed by atoms with Crippen LogP contribution in [0.1, 0.15) is 25.3 Å². The Bertz CT molecular complexity index is 409. The van der Waals surface area contributed by atoms with Crippen molar-refractivity contribution in [2.75, 3.05) is 26.8 Å². The molecular weight excluding hydrogens is 304 g/mol. The molecule has 3 nitrogen and oxygen atoms in total. The lowest BCUT2D eigenvalue weighted by Crippen LogP contribution is -2.37. The Morgan fingerprint density at radius 1 is 1.47 bits per heavy atom. The van der Waals surface area contributed by atoms with Crippen LogP contribution < -0.4 is 5.32 Å².